The molecular formula is C12H19N3O3S. The van der Waals surface area contributed by atoms with Gasteiger partial charge in [-0.2, -0.15) is 0 Å². The number of nitrogens with zero attached hydrogens (tertiary/aromatic N) is 2. The molecule has 1 rings (SSSR count). The summed E-state index contributed by atoms with van der Waals surface area (Å²) in [4.78, 5) is 28.4. The van der Waals surface area contributed by atoms with Crippen molar-refractivity contribution in [3.63, 3.8) is 0 Å². The molecule has 1 amide bonds. The number of thiazole rings is 1. The van der Waals surface area contributed by atoms with Crippen LogP contribution >= 0.6 is 11.3 Å². The number of carbonyl (C=O) groups excluding carboxylic acids is 2. The van der Waals surface area contributed by atoms with Gasteiger partial charge in [0.1, 0.15) is 0 Å². The van der Waals surface area contributed by atoms with E-state index in [0.29, 0.717) is 24.6 Å². The van der Waals surface area contributed by atoms with Gasteiger partial charge in [-0.1, -0.05) is 6.92 Å². The summed E-state index contributed by atoms with van der Waals surface area (Å²) in [5.74, 6) is -0.338. The number of esters is 1. The maximum Gasteiger partial charge on any atom is 0.306 e. The van der Waals surface area contributed by atoms with Crippen LogP contribution in [0.4, 0.5) is 5.13 Å². The third kappa shape index (κ3) is 5.80. The highest BCUT2D eigenvalue weighted by Crippen LogP contribution is 2.16. The Labute approximate surface area is 116 Å². The first-order valence-corrected chi connectivity index (χ1v) is 6.94. The first kappa shape index (κ1) is 15.6. The molecule has 0 bridgehead atoms. The fraction of sp³-hybridized carbons (Fsp3) is 0.583. The van der Waals surface area contributed by atoms with E-state index in [1.165, 1.54) is 25.4 Å². The van der Waals surface area contributed by atoms with E-state index >= 15 is 0 Å². The molecule has 1 aromatic heterocycles. The van der Waals surface area contributed by atoms with Crippen molar-refractivity contribution >= 4 is 28.3 Å². The SMILES string of the molecule is CCN(CCC(=O)OC)Cc1csc(NC(C)=O)n1. The van der Waals surface area contributed by atoms with Crippen molar-refractivity contribution in [1.29, 1.82) is 0 Å². The quantitative estimate of drug-likeness (QED) is 0.768. The van der Waals surface area contributed by atoms with Crippen LogP contribution in [0, 0.1) is 0 Å². The average Bonchev–Trinajstić information content (AvgIpc) is 2.80. The Hall–Kier alpha value is -1.47. The molecule has 106 valence electrons. The zero-order valence-corrected chi connectivity index (χ0v) is 12.2. The summed E-state index contributed by atoms with van der Waals surface area (Å²) in [5, 5.41) is 5.16. The number of amides is 1. The largest absolute Gasteiger partial charge is 0.469 e. The van der Waals surface area contributed by atoms with Gasteiger partial charge >= 0.3 is 5.97 Å². The number of nitrogens with one attached hydrogen (secondary N) is 1. The highest BCUT2D eigenvalue weighted by Gasteiger charge is 2.10. The van der Waals surface area contributed by atoms with Gasteiger partial charge in [-0.25, -0.2) is 4.98 Å². The van der Waals surface area contributed by atoms with Crippen LogP contribution in [0.3, 0.4) is 0 Å². The summed E-state index contributed by atoms with van der Waals surface area (Å²) in [6, 6.07) is 0. The van der Waals surface area contributed by atoms with Crippen molar-refractivity contribution in [2.45, 2.75) is 26.8 Å². The predicted molar refractivity (Wildman–Crippen MR) is 74.0 cm³/mol. The molecule has 6 nitrogen and oxygen atoms in total. The van der Waals surface area contributed by atoms with E-state index in [1.54, 1.807) is 0 Å². The fourth-order valence-electron chi connectivity index (χ4n) is 1.52. The standard InChI is InChI=1S/C12H19N3O3S/c1-4-15(6-5-11(17)18-3)7-10-8-19-12(14-10)13-9(2)16/h8H,4-7H2,1-3H3,(H,13,14,16). The van der Waals surface area contributed by atoms with Gasteiger partial charge in [0.25, 0.3) is 0 Å². The van der Waals surface area contributed by atoms with Gasteiger partial charge < -0.3 is 10.1 Å². The van der Waals surface area contributed by atoms with E-state index in [4.69, 9.17) is 0 Å². The first-order chi connectivity index (χ1) is 9.05. The molecule has 0 aliphatic heterocycles. The smallest absolute Gasteiger partial charge is 0.306 e. The van der Waals surface area contributed by atoms with E-state index < -0.39 is 0 Å². The minimum atomic E-state index is -0.212. The van der Waals surface area contributed by atoms with Crippen LogP contribution in [0.25, 0.3) is 0 Å². The molecule has 0 aromatic carbocycles. The van der Waals surface area contributed by atoms with Crippen LogP contribution in [0.15, 0.2) is 5.38 Å². The van der Waals surface area contributed by atoms with Crippen LogP contribution in [0.1, 0.15) is 26.0 Å². The summed E-state index contributed by atoms with van der Waals surface area (Å²) < 4.78 is 4.62. The second-order valence-corrected chi connectivity index (χ2v) is 4.88. The van der Waals surface area contributed by atoms with Crippen LogP contribution < -0.4 is 5.32 Å². The van der Waals surface area contributed by atoms with Gasteiger partial charge in [0, 0.05) is 25.4 Å². The minimum absolute atomic E-state index is 0.126. The number of aromatic nitrogens is 1. The van der Waals surface area contributed by atoms with E-state index in [1.807, 2.05) is 12.3 Å². The number of anilines is 1. The first-order valence-electron chi connectivity index (χ1n) is 6.06. The monoisotopic (exact) mass is 285 g/mol. The lowest BCUT2D eigenvalue weighted by molar-refractivity contribution is -0.141. The second kappa shape index (κ2) is 7.85. The lowest BCUT2D eigenvalue weighted by Crippen LogP contribution is -2.26. The predicted octanol–water partition coefficient (Wildman–Crippen LogP) is 1.49. The highest BCUT2D eigenvalue weighted by atomic mass is 32.1. The number of rotatable bonds is 7. The molecule has 1 heterocycles. The van der Waals surface area contributed by atoms with Gasteiger partial charge in [-0.05, 0) is 6.54 Å². The molecule has 0 spiro atoms. The molecule has 0 saturated carbocycles. The fourth-order valence-corrected chi connectivity index (χ4v) is 2.26. The van der Waals surface area contributed by atoms with Gasteiger partial charge in [-0.3, -0.25) is 14.5 Å². The normalized spacial score (nSPS) is 10.5. The number of ether oxygens (including phenoxy) is 1. The number of hydrogen-bond donors (Lipinski definition) is 1. The van der Waals surface area contributed by atoms with Crippen LogP contribution in [-0.4, -0.2) is 42.0 Å². The minimum Gasteiger partial charge on any atom is -0.469 e. The molecule has 0 aliphatic carbocycles. The summed E-state index contributed by atoms with van der Waals surface area (Å²) in [6.45, 7) is 5.60. The van der Waals surface area contributed by atoms with Crippen LogP contribution in [-0.2, 0) is 20.9 Å². The highest BCUT2D eigenvalue weighted by molar-refractivity contribution is 7.13. The number of methoxy groups -OCH3 is 1. The summed E-state index contributed by atoms with van der Waals surface area (Å²) in [7, 11) is 1.39. The maximum absolute atomic E-state index is 11.1. The molecule has 7 heteroatoms. The van der Waals surface area contributed by atoms with Crippen molar-refractivity contribution in [3.05, 3.63) is 11.1 Å². The van der Waals surface area contributed by atoms with Crippen molar-refractivity contribution < 1.29 is 14.3 Å². The molecule has 0 atom stereocenters. The zero-order valence-electron chi connectivity index (χ0n) is 11.4. The van der Waals surface area contributed by atoms with Gasteiger partial charge in [0.15, 0.2) is 5.13 Å². The summed E-state index contributed by atoms with van der Waals surface area (Å²) in [6.07, 6.45) is 0.368. The lowest BCUT2D eigenvalue weighted by atomic mass is 10.3. The van der Waals surface area contributed by atoms with E-state index in [0.717, 1.165) is 12.2 Å². The van der Waals surface area contributed by atoms with Gasteiger partial charge in [-0.15, -0.1) is 11.3 Å². The topological polar surface area (TPSA) is 71.5 Å². The number of hydrogen-bond acceptors (Lipinski definition) is 6. The Morgan fingerprint density at radius 3 is 2.84 bits per heavy atom. The van der Waals surface area contributed by atoms with Gasteiger partial charge in [0.2, 0.25) is 5.91 Å². The average molecular weight is 285 g/mol. The molecule has 0 fully saturated rings. The Kier molecular flexibility index (Phi) is 6.44. The molecule has 0 aliphatic rings. The Bertz CT molecular complexity index is 434. The molecule has 1 aromatic rings. The Balaban J connectivity index is 2.48. The lowest BCUT2D eigenvalue weighted by Gasteiger charge is -2.18. The molecule has 1 N–H and O–H groups in total. The molecule has 0 saturated heterocycles. The van der Waals surface area contributed by atoms with E-state index in [2.05, 4.69) is 19.9 Å². The van der Waals surface area contributed by atoms with Crippen LogP contribution in [0.5, 0.6) is 0 Å². The van der Waals surface area contributed by atoms with Crippen molar-refractivity contribution in [1.82, 2.24) is 9.88 Å². The third-order valence-corrected chi connectivity index (χ3v) is 3.33. The number of carbonyl (C=O) groups is 2. The molecule has 0 unspecified atom stereocenters. The van der Waals surface area contributed by atoms with Crippen molar-refractivity contribution in [3.8, 4) is 0 Å². The van der Waals surface area contributed by atoms with Crippen molar-refractivity contribution in [2.75, 3.05) is 25.5 Å². The summed E-state index contributed by atoms with van der Waals surface area (Å²) >= 11 is 1.40. The Morgan fingerprint density at radius 1 is 1.53 bits per heavy atom. The van der Waals surface area contributed by atoms with Crippen molar-refractivity contribution in [2.24, 2.45) is 0 Å². The molecule has 19 heavy (non-hydrogen) atoms. The summed E-state index contributed by atoms with van der Waals surface area (Å²) in [5.41, 5.74) is 0.889. The van der Waals surface area contributed by atoms with Crippen LogP contribution in [0.2, 0.25) is 0 Å². The van der Waals surface area contributed by atoms with E-state index in [9.17, 15) is 9.59 Å². The zero-order chi connectivity index (χ0) is 14.3. The maximum atomic E-state index is 11.1. The molecular weight excluding hydrogens is 266 g/mol. The molecule has 0 radical (unpaired) electrons. The Morgan fingerprint density at radius 2 is 2.26 bits per heavy atom. The van der Waals surface area contributed by atoms with Gasteiger partial charge in [0.05, 0.1) is 19.2 Å². The van der Waals surface area contributed by atoms with E-state index in [-0.39, 0.29) is 11.9 Å². The third-order valence-electron chi connectivity index (χ3n) is 2.53. The second-order valence-electron chi connectivity index (χ2n) is 4.02.